The number of methoxy groups -OCH3 is 2. The van der Waals surface area contributed by atoms with E-state index in [1.807, 2.05) is 36.4 Å². The van der Waals surface area contributed by atoms with Gasteiger partial charge < -0.3 is 18.9 Å². The zero-order valence-corrected chi connectivity index (χ0v) is 17.5. The first-order valence-corrected chi connectivity index (χ1v) is 10.3. The van der Waals surface area contributed by atoms with E-state index < -0.39 is 5.79 Å². The van der Waals surface area contributed by atoms with Gasteiger partial charge in [-0.3, -0.25) is 4.98 Å². The maximum atomic E-state index is 6.25. The van der Waals surface area contributed by atoms with E-state index in [-0.39, 0.29) is 0 Å². The second-order valence-electron chi connectivity index (χ2n) is 7.24. The lowest BCUT2D eigenvalue weighted by Gasteiger charge is -2.37. The zero-order valence-electron chi connectivity index (χ0n) is 17.5. The molecule has 1 aliphatic rings. The zero-order chi connectivity index (χ0) is 20.8. The van der Waals surface area contributed by atoms with Crippen LogP contribution in [0.15, 0.2) is 66.7 Å². The highest BCUT2D eigenvalue weighted by Crippen LogP contribution is 2.40. The highest BCUT2D eigenvalue weighted by Gasteiger charge is 2.41. The number of ether oxygens (including phenoxy) is 4. The van der Waals surface area contributed by atoms with Crippen molar-refractivity contribution >= 4 is 0 Å². The molecule has 1 fully saturated rings. The second-order valence-corrected chi connectivity index (χ2v) is 7.24. The number of rotatable bonds is 7. The predicted octanol–water partition coefficient (Wildman–Crippen LogP) is 4.52. The van der Waals surface area contributed by atoms with Crippen LogP contribution >= 0.6 is 0 Å². The van der Waals surface area contributed by atoms with Gasteiger partial charge in [0.05, 0.1) is 27.4 Å². The third kappa shape index (κ3) is 4.18. The van der Waals surface area contributed by atoms with E-state index in [1.165, 1.54) is 5.56 Å². The van der Waals surface area contributed by atoms with E-state index in [2.05, 4.69) is 30.3 Å². The van der Waals surface area contributed by atoms with Gasteiger partial charge in [0.25, 0.3) is 0 Å². The molecule has 1 saturated heterocycles. The Kier molecular flexibility index (Phi) is 6.31. The summed E-state index contributed by atoms with van der Waals surface area (Å²) in [4.78, 5) is 4.94. The van der Waals surface area contributed by atoms with E-state index in [9.17, 15) is 0 Å². The molecule has 0 unspecified atom stereocenters. The van der Waals surface area contributed by atoms with Crippen molar-refractivity contribution in [1.82, 2.24) is 4.98 Å². The molecule has 1 aromatic heterocycles. The quantitative estimate of drug-likeness (QED) is 0.578. The van der Waals surface area contributed by atoms with Crippen LogP contribution in [0.25, 0.3) is 0 Å². The van der Waals surface area contributed by atoms with Crippen LogP contribution in [-0.2, 0) is 28.1 Å². The molecule has 0 aliphatic carbocycles. The van der Waals surface area contributed by atoms with Crippen LogP contribution in [0.5, 0.6) is 11.5 Å². The number of hydrogen-bond donors (Lipinski definition) is 0. The van der Waals surface area contributed by atoms with Crippen LogP contribution in [0, 0.1) is 0 Å². The molecule has 0 radical (unpaired) electrons. The van der Waals surface area contributed by atoms with E-state index in [4.69, 9.17) is 23.9 Å². The van der Waals surface area contributed by atoms with Crippen molar-refractivity contribution in [3.05, 3.63) is 89.2 Å². The molecule has 0 amide bonds. The molecule has 5 nitrogen and oxygen atoms in total. The van der Waals surface area contributed by atoms with Gasteiger partial charge in [-0.1, -0.05) is 36.4 Å². The molecule has 30 heavy (non-hydrogen) atoms. The van der Waals surface area contributed by atoms with Crippen molar-refractivity contribution in [3.63, 3.8) is 0 Å². The van der Waals surface area contributed by atoms with E-state index in [0.717, 1.165) is 36.2 Å². The predicted molar refractivity (Wildman–Crippen MR) is 115 cm³/mol. The number of aromatic nitrogens is 1. The smallest absolute Gasteiger partial charge is 0.240 e. The van der Waals surface area contributed by atoms with Crippen LogP contribution in [0.4, 0.5) is 0 Å². The molecule has 156 valence electrons. The fourth-order valence-corrected chi connectivity index (χ4v) is 3.75. The summed E-state index contributed by atoms with van der Waals surface area (Å²) in [5, 5.41) is 0. The summed E-state index contributed by atoms with van der Waals surface area (Å²) >= 11 is 0. The van der Waals surface area contributed by atoms with Gasteiger partial charge in [0.1, 0.15) is 5.69 Å². The average Bonchev–Trinajstić information content (AvgIpc) is 2.83. The Morgan fingerprint density at radius 1 is 0.833 bits per heavy atom. The Morgan fingerprint density at radius 2 is 1.60 bits per heavy atom. The first kappa shape index (κ1) is 20.4. The molecule has 2 aromatic carbocycles. The van der Waals surface area contributed by atoms with Crippen molar-refractivity contribution in [2.75, 3.05) is 27.4 Å². The maximum absolute atomic E-state index is 6.25. The molecule has 4 rings (SSSR count). The summed E-state index contributed by atoms with van der Waals surface area (Å²) < 4.78 is 23.4. The second kappa shape index (κ2) is 9.28. The maximum Gasteiger partial charge on any atom is 0.240 e. The fourth-order valence-electron chi connectivity index (χ4n) is 3.75. The van der Waals surface area contributed by atoms with Crippen molar-refractivity contribution in [1.29, 1.82) is 0 Å². The summed E-state index contributed by atoms with van der Waals surface area (Å²) in [5.74, 6) is 0.241. The topological polar surface area (TPSA) is 49.8 Å². The van der Waals surface area contributed by atoms with Crippen molar-refractivity contribution < 1.29 is 18.9 Å². The van der Waals surface area contributed by atoms with E-state index >= 15 is 0 Å². The number of benzene rings is 2. The number of pyridine rings is 1. The van der Waals surface area contributed by atoms with Gasteiger partial charge in [-0.15, -0.1) is 0 Å². The summed E-state index contributed by atoms with van der Waals surface area (Å²) in [6.07, 6.45) is 2.63. The van der Waals surface area contributed by atoms with Gasteiger partial charge in [0.2, 0.25) is 5.79 Å². The van der Waals surface area contributed by atoms with Gasteiger partial charge in [0, 0.05) is 11.3 Å². The normalized spacial score (nSPS) is 15.5. The van der Waals surface area contributed by atoms with Gasteiger partial charge in [-0.25, -0.2) is 0 Å². The van der Waals surface area contributed by atoms with Crippen molar-refractivity contribution in [3.8, 4) is 11.5 Å². The minimum atomic E-state index is -1.06. The van der Waals surface area contributed by atoms with Crippen LogP contribution in [0.1, 0.15) is 28.9 Å². The molecule has 0 spiro atoms. The largest absolute Gasteiger partial charge is 0.493 e. The molecule has 0 N–H and O–H groups in total. The Morgan fingerprint density at radius 3 is 2.33 bits per heavy atom. The Labute approximate surface area is 177 Å². The van der Waals surface area contributed by atoms with Gasteiger partial charge in [-0.05, 0) is 55.2 Å². The average molecular weight is 405 g/mol. The molecule has 5 heteroatoms. The van der Waals surface area contributed by atoms with Crippen LogP contribution in [0.3, 0.4) is 0 Å². The lowest BCUT2D eigenvalue weighted by atomic mass is 9.99. The minimum Gasteiger partial charge on any atom is -0.493 e. The Hall–Kier alpha value is -2.89. The molecule has 0 atom stereocenters. The Balaban J connectivity index is 1.67. The molecule has 0 bridgehead atoms. The number of hydrogen-bond acceptors (Lipinski definition) is 5. The molecule has 2 heterocycles. The SMILES string of the molecule is COc1ccc(C2(c3cccc(CCc4ccccc4)n3)OCCCO2)cc1OC. The number of nitrogens with zero attached hydrogens (tertiary/aromatic N) is 1. The monoisotopic (exact) mass is 405 g/mol. The van der Waals surface area contributed by atoms with Crippen LogP contribution < -0.4 is 9.47 Å². The van der Waals surface area contributed by atoms with Crippen molar-refractivity contribution in [2.45, 2.75) is 25.0 Å². The van der Waals surface area contributed by atoms with E-state index in [1.54, 1.807) is 14.2 Å². The molecule has 1 aliphatic heterocycles. The molecule has 3 aromatic rings. The third-order valence-electron chi connectivity index (χ3n) is 5.32. The van der Waals surface area contributed by atoms with Crippen LogP contribution in [-0.4, -0.2) is 32.4 Å². The Bertz CT molecular complexity index is 968. The molecule has 0 saturated carbocycles. The summed E-state index contributed by atoms with van der Waals surface area (Å²) in [7, 11) is 3.25. The fraction of sp³-hybridized carbons (Fsp3) is 0.320. The van der Waals surface area contributed by atoms with Gasteiger partial charge in [0.15, 0.2) is 11.5 Å². The number of aryl methyl sites for hydroxylation is 2. The lowest BCUT2D eigenvalue weighted by molar-refractivity contribution is -0.251. The summed E-state index contributed by atoms with van der Waals surface area (Å²) in [6, 6.07) is 22.2. The van der Waals surface area contributed by atoms with Gasteiger partial charge in [-0.2, -0.15) is 0 Å². The highest BCUT2D eigenvalue weighted by molar-refractivity contribution is 5.46. The van der Waals surface area contributed by atoms with Crippen molar-refractivity contribution in [2.24, 2.45) is 0 Å². The highest BCUT2D eigenvalue weighted by atomic mass is 16.7. The molecular formula is C25H27NO4. The van der Waals surface area contributed by atoms with Gasteiger partial charge >= 0.3 is 0 Å². The standard InChI is InChI=1S/C25H27NO4/c1-27-22-15-13-20(18-23(22)28-2)25(29-16-7-17-30-25)24-11-6-10-21(26-24)14-12-19-8-4-3-5-9-19/h3-6,8-11,13,15,18H,7,12,14,16-17H2,1-2H3. The third-order valence-corrected chi connectivity index (χ3v) is 5.32. The minimum absolute atomic E-state index is 0.601. The first-order valence-electron chi connectivity index (χ1n) is 10.3. The molecular weight excluding hydrogens is 378 g/mol. The first-order chi connectivity index (χ1) is 14.7. The lowest BCUT2D eigenvalue weighted by Crippen LogP contribution is -2.40. The summed E-state index contributed by atoms with van der Waals surface area (Å²) in [5.41, 5.74) is 3.89. The summed E-state index contributed by atoms with van der Waals surface area (Å²) in [6.45, 7) is 1.20. The van der Waals surface area contributed by atoms with Crippen LogP contribution in [0.2, 0.25) is 0 Å². The van der Waals surface area contributed by atoms with E-state index in [0.29, 0.717) is 24.7 Å².